The molecule has 0 radical (unpaired) electrons. The number of thioether (sulfide) groups is 1. The van der Waals surface area contributed by atoms with Crippen LogP contribution in [0.3, 0.4) is 0 Å². The molecular weight excluding hydrogens is 407 g/mol. The second kappa shape index (κ2) is 11.0. The third-order valence-corrected chi connectivity index (χ3v) is 6.81. The number of carbonyl (C=O) groups excluding carboxylic acids is 1. The summed E-state index contributed by atoms with van der Waals surface area (Å²) >= 11 is 7.62. The lowest BCUT2D eigenvalue weighted by Gasteiger charge is -2.31. The van der Waals surface area contributed by atoms with E-state index in [1.807, 2.05) is 0 Å². The SMILES string of the molecule is Cc1ccccc1CN1CCC(C(=O)NCCSCc2c(F)cccc2Cl)CC1. The Morgan fingerprint density at radius 1 is 1.21 bits per heavy atom. The van der Waals surface area contributed by atoms with Crippen molar-refractivity contribution < 1.29 is 9.18 Å². The van der Waals surface area contributed by atoms with Crippen LogP contribution in [-0.2, 0) is 17.1 Å². The monoisotopic (exact) mass is 434 g/mol. The maximum Gasteiger partial charge on any atom is 0.223 e. The van der Waals surface area contributed by atoms with Crippen molar-refractivity contribution in [3.05, 3.63) is 70.0 Å². The number of halogens is 2. The molecule has 1 aliphatic heterocycles. The molecule has 0 bridgehead atoms. The first-order chi connectivity index (χ1) is 14.0. The van der Waals surface area contributed by atoms with Gasteiger partial charge in [-0.05, 0) is 56.1 Å². The standard InChI is InChI=1S/C23H28ClFN2OS/c1-17-5-2-3-6-19(17)15-27-12-9-18(10-13-27)23(28)26-11-14-29-16-20-21(24)7-4-8-22(20)25/h2-8,18H,9-16H2,1H3,(H,26,28). The molecule has 1 heterocycles. The van der Waals surface area contributed by atoms with Gasteiger partial charge in [-0.3, -0.25) is 9.69 Å². The summed E-state index contributed by atoms with van der Waals surface area (Å²) in [5, 5.41) is 3.49. The number of amides is 1. The van der Waals surface area contributed by atoms with Crippen LogP contribution in [0.15, 0.2) is 42.5 Å². The fourth-order valence-corrected chi connectivity index (χ4v) is 4.81. The summed E-state index contributed by atoms with van der Waals surface area (Å²) in [5.74, 6) is 1.21. The molecule has 0 unspecified atom stereocenters. The normalized spacial score (nSPS) is 15.4. The summed E-state index contributed by atoms with van der Waals surface area (Å²) in [6.45, 7) is 5.60. The summed E-state index contributed by atoms with van der Waals surface area (Å²) in [5.41, 5.74) is 3.22. The van der Waals surface area contributed by atoms with E-state index < -0.39 is 0 Å². The Balaban J connectivity index is 1.33. The number of piperidine rings is 1. The number of aryl methyl sites for hydroxylation is 1. The molecule has 6 heteroatoms. The van der Waals surface area contributed by atoms with Crippen molar-refractivity contribution in [2.45, 2.75) is 32.1 Å². The molecule has 156 valence electrons. The van der Waals surface area contributed by atoms with Crippen LogP contribution >= 0.6 is 23.4 Å². The lowest BCUT2D eigenvalue weighted by atomic mass is 9.95. The van der Waals surface area contributed by atoms with Crippen molar-refractivity contribution >= 4 is 29.3 Å². The second-order valence-corrected chi connectivity index (χ2v) is 9.03. The Kier molecular flexibility index (Phi) is 8.40. The topological polar surface area (TPSA) is 32.3 Å². The summed E-state index contributed by atoms with van der Waals surface area (Å²) < 4.78 is 13.8. The molecule has 1 aliphatic rings. The quantitative estimate of drug-likeness (QED) is 0.590. The predicted octanol–water partition coefficient (Wildman–Crippen LogP) is 5.05. The first kappa shape index (κ1) is 22.1. The lowest BCUT2D eigenvalue weighted by Crippen LogP contribution is -2.40. The molecule has 0 atom stereocenters. The molecule has 1 amide bonds. The molecule has 0 aromatic heterocycles. The zero-order chi connectivity index (χ0) is 20.6. The minimum atomic E-state index is -0.272. The van der Waals surface area contributed by atoms with E-state index >= 15 is 0 Å². The van der Waals surface area contributed by atoms with Crippen LogP contribution in [0.4, 0.5) is 4.39 Å². The maximum atomic E-state index is 13.8. The van der Waals surface area contributed by atoms with Crippen molar-refractivity contribution in [1.82, 2.24) is 10.2 Å². The third kappa shape index (κ3) is 6.46. The molecular formula is C23H28ClFN2OS. The first-order valence-corrected chi connectivity index (χ1v) is 11.6. The number of benzene rings is 2. The van der Waals surface area contributed by atoms with Gasteiger partial charge < -0.3 is 5.32 Å². The Morgan fingerprint density at radius 2 is 1.97 bits per heavy atom. The molecule has 2 aromatic rings. The van der Waals surface area contributed by atoms with Gasteiger partial charge in [-0.1, -0.05) is 41.9 Å². The van der Waals surface area contributed by atoms with E-state index in [1.165, 1.54) is 17.2 Å². The van der Waals surface area contributed by atoms with Crippen LogP contribution < -0.4 is 5.32 Å². The van der Waals surface area contributed by atoms with E-state index in [2.05, 4.69) is 41.4 Å². The highest BCUT2D eigenvalue weighted by Crippen LogP contribution is 2.24. The van der Waals surface area contributed by atoms with Gasteiger partial charge in [0, 0.05) is 41.1 Å². The van der Waals surface area contributed by atoms with Gasteiger partial charge in [0.15, 0.2) is 0 Å². The minimum Gasteiger partial charge on any atom is -0.355 e. The third-order valence-electron chi connectivity index (χ3n) is 5.47. The van der Waals surface area contributed by atoms with Crippen LogP contribution in [0.1, 0.15) is 29.5 Å². The van der Waals surface area contributed by atoms with E-state index in [4.69, 9.17) is 11.6 Å². The summed E-state index contributed by atoms with van der Waals surface area (Å²) in [7, 11) is 0. The van der Waals surface area contributed by atoms with E-state index in [1.54, 1.807) is 23.9 Å². The first-order valence-electron chi connectivity index (χ1n) is 10.1. The average Bonchev–Trinajstić information content (AvgIpc) is 2.72. The molecule has 0 aliphatic carbocycles. The molecule has 29 heavy (non-hydrogen) atoms. The largest absolute Gasteiger partial charge is 0.355 e. The highest BCUT2D eigenvalue weighted by Gasteiger charge is 2.24. The molecule has 1 saturated heterocycles. The summed E-state index contributed by atoms with van der Waals surface area (Å²) in [6.07, 6.45) is 1.80. The molecule has 1 fully saturated rings. The molecule has 3 nitrogen and oxygen atoms in total. The Bertz CT molecular complexity index is 804. The fourth-order valence-electron chi connectivity index (χ4n) is 3.62. The number of likely N-dealkylation sites (tertiary alicyclic amines) is 1. The van der Waals surface area contributed by atoms with Crippen molar-refractivity contribution in [2.75, 3.05) is 25.4 Å². The van der Waals surface area contributed by atoms with Gasteiger partial charge in [0.2, 0.25) is 5.91 Å². The van der Waals surface area contributed by atoms with Gasteiger partial charge in [0.25, 0.3) is 0 Å². The smallest absolute Gasteiger partial charge is 0.223 e. The van der Waals surface area contributed by atoms with Crippen molar-refractivity contribution in [3.63, 3.8) is 0 Å². The van der Waals surface area contributed by atoms with Crippen molar-refractivity contribution in [1.29, 1.82) is 0 Å². The van der Waals surface area contributed by atoms with Crippen molar-refractivity contribution in [2.24, 2.45) is 5.92 Å². The maximum absolute atomic E-state index is 13.8. The number of nitrogens with one attached hydrogen (secondary N) is 1. The Hall–Kier alpha value is -1.56. The van der Waals surface area contributed by atoms with Gasteiger partial charge in [0.05, 0.1) is 0 Å². The van der Waals surface area contributed by atoms with Crippen LogP contribution in [0.5, 0.6) is 0 Å². The van der Waals surface area contributed by atoms with Gasteiger partial charge in [0.1, 0.15) is 5.82 Å². The zero-order valence-corrected chi connectivity index (χ0v) is 18.4. The Labute approximate surface area is 182 Å². The highest BCUT2D eigenvalue weighted by atomic mass is 35.5. The second-order valence-electron chi connectivity index (χ2n) is 7.52. The van der Waals surface area contributed by atoms with Crippen LogP contribution in [-0.4, -0.2) is 36.2 Å². The van der Waals surface area contributed by atoms with Crippen LogP contribution in [0, 0.1) is 18.7 Å². The van der Waals surface area contributed by atoms with Gasteiger partial charge in [-0.25, -0.2) is 4.39 Å². The van der Waals surface area contributed by atoms with Gasteiger partial charge >= 0.3 is 0 Å². The molecule has 1 N–H and O–H groups in total. The minimum absolute atomic E-state index is 0.0918. The van der Waals surface area contributed by atoms with E-state index in [9.17, 15) is 9.18 Å². The predicted molar refractivity (Wildman–Crippen MR) is 120 cm³/mol. The molecule has 0 spiro atoms. The Morgan fingerprint density at radius 3 is 2.69 bits per heavy atom. The van der Waals surface area contributed by atoms with Crippen molar-refractivity contribution in [3.8, 4) is 0 Å². The average molecular weight is 435 g/mol. The number of hydrogen-bond acceptors (Lipinski definition) is 3. The number of rotatable bonds is 8. The fraction of sp³-hybridized carbons (Fsp3) is 0.435. The van der Waals surface area contributed by atoms with E-state index in [-0.39, 0.29) is 17.6 Å². The molecule has 3 rings (SSSR count). The van der Waals surface area contributed by atoms with Gasteiger partial charge in [-0.15, -0.1) is 0 Å². The highest BCUT2D eigenvalue weighted by molar-refractivity contribution is 7.98. The zero-order valence-electron chi connectivity index (χ0n) is 16.8. The number of hydrogen-bond donors (Lipinski definition) is 1. The van der Waals surface area contributed by atoms with E-state index in [0.29, 0.717) is 22.9 Å². The molecule has 2 aromatic carbocycles. The molecule has 0 saturated carbocycles. The number of carbonyl (C=O) groups is 1. The van der Waals surface area contributed by atoms with E-state index in [0.717, 1.165) is 38.2 Å². The summed E-state index contributed by atoms with van der Waals surface area (Å²) in [4.78, 5) is 14.9. The van der Waals surface area contributed by atoms with Crippen LogP contribution in [0.25, 0.3) is 0 Å². The summed E-state index contributed by atoms with van der Waals surface area (Å²) in [6, 6.07) is 13.2. The van der Waals surface area contributed by atoms with Crippen LogP contribution in [0.2, 0.25) is 5.02 Å². The van der Waals surface area contributed by atoms with Gasteiger partial charge in [-0.2, -0.15) is 11.8 Å². The lowest BCUT2D eigenvalue weighted by molar-refractivity contribution is -0.126. The number of nitrogens with zero attached hydrogens (tertiary/aromatic N) is 1.